The highest BCUT2D eigenvalue weighted by atomic mass is 32.2. The fourth-order valence-electron chi connectivity index (χ4n) is 1.30. The summed E-state index contributed by atoms with van der Waals surface area (Å²) in [5.41, 5.74) is 2.53. The Morgan fingerprint density at radius 3 is 2.75 bits per heavy atom. The average Bonchev–Trinajstić information content (AvgIpc) is 2.25. The lowest BCUT2D eigenvalue weighted by atomic mass is 10.4. The van der Waals surface area contributed by atoms with Gasteiger partial charge in [0.05, 0.1) is 0 Å². The van der Waals surface area contributed by atoms with Crippen LogP contribution in [0.3, 0.4) is 0 Å². The molecule has 0 radical (unpaired) electrons. The largest absolute Gasteiger partial charge is 0.367 e. The Morgan fingerprint density at radius 2 is 2.12 bits per heavy atom. The Balaban J connectivity index is 2.61. The second-order valence-corrected chi connectivity index (χ2v) is 4.85. The Hall–Kier alpha value is -1.01. The Morgan fingerprint density at radius 1 is 1.44 bits per heavy atom. The monoisotopic (exact) mass is 241 g/mol. The highest BCUT2D eigenvalue weighted by Crippen LogP contribution is 2.12. The number of anilines is 2. The molecular formula is C10H19N5S. The maximum atomic E-state index is 5.33. The van der Waals surface area contributed by atoms with Gasteiger partial charge in [-0.2, -0.15) is 11.8 Å². The minimum Gasteiger partial charge on any atom is -0.367 e. The quantitative estimate of drug-likeness (QED) is 0.519. The molecule has 0 saturated heterocycles. The molecule has 0 aliphatic heterocycles. The SMILES string of the molecule is CCSCC(C)Nc1cc(NN)nc(C)n1. The van der Waals surface area contributed by atoms with Gasteiger partial charge in [-0.3, -0.25) is 0 Å². The van der Waals surface area contributed by atoms with Crippen LogP contribution >= 0.6 is 11.8 Å². The highest BCUT2D eigenvalue weighted by molar-refractivity contribution is 7.99. The minimum atomic E-state index is 0.380. The van der Waals surface area contributed by atoms with Crippen LogP contribution in [0.2, 0.25) is 0 Å². The van der Waals surface area contributed by atoms with Crippen LogP contribution in [0.5, 0.6) is 0 Å². The first kappa shape index (κ1) is 13.1. The number of hydrogen-bond donors (Lipinski definition) is 3. The van der Waals surface area contributed by atoms with Crippen molar-refractivity contribution in [3.63, 3.8) is 0 Å². The third kappa shape index (κ3) is 4.24. The molecule has 1 aromatic heterocycles. The van der Waals surface area contributed by atoms with E-state index >= 15 is 0 Å². The number of aromatic nitrogens is 2. The van der Waals surface area contributed by atoms with E-state index < -0.39 is 0 Å². The molecule has 1 rings (SSSR count). The number of aryl methyl sites for hydroxylation is 1. The van der Waals surface area contributed by atoms with Gasteiger partial charge >= 0.3 is 0 Å². The predicted molar refractivity (Wildman–Crippen MR) is 70.7 cm³/mol. The lowest BCUT2D eigenvalue weighted by Gasteiger charge is -2.14. The van der Waals surface area contributed by atoms with Crippen molar-refractivity contribution in [2.24, 2.45) is 5.84 Å². The van der Waals surface area contributed by atoms with Gasteiger partial charge in [0.15, 0.2) is 0 Å². The van der Waals surface area contributed by atoms with E-state index in [1.165, 1.54) is 0 Å². The van der Waals surface area contributed by atoms with E-state index in [0.29, 0.717) is 17.7 Å². The summed E-state index contributed by atoms with van der Waals surface area (Å²) in [4.78, 5) is 8.43. The van der Waals surface area contributed by atoms with Gasteiger partial charge in [0.2, 0.25) is 0 Å². The van der Waals surface area contributed by atoms with Crippen molar-refractivity contribution < 1.29 is 0 Å². The summed E-state index contributed by atoms with van der Waals surface area (Å²) in [5.74, 6) is 9.66. The molecule has 90 valence electrons. The van der Waals surface area contributed by atoms with Crippen LogP contribution in [0.4, 0.5) is 11.6 Å². The van der Waals surface area contributed by atoms with Crippen molar-refractivity contribution >= 4 is 23.4 Å². The van der Waals surface area contributed by atoms with Crippen molar-refractivity contribution in [1.29, 1.82) is 0 Å². The maximum absolute atomic E-state index is 5.33. The zero-order valence-corrected chi connectivity index (χ0v) is 10.8. The molecule has 1 unspecified atom stereocenters. The summed E-state index contributed by atoms with van der Waals surface area (Å²) in [6, 6.07) is 2.19. The summed E-state index contributed by atoms with van der Waals surface area (Å²) >= 11 is 1.90. The van der Waals surface area contributed by atoms with E-state index in [-0.39, 0.29) is 0 Å². The van der Waals surface area contributed by atoms with Gasteiger partial charge in [-0.25, -0.2) is 15.8 Å². The number of rotatable bonds is 6. The van der Waals surface area contributed by atoms with E-state index in [1.807, 2.05) is 18.7 Å². The molecule has 1 heterocycles. The van der Waals surface area contributed by atoms with Crippen LogP contribution in [-0.4, -0.2) is 27.5 Å². The van der Waals surface area contributed by atoms with Gasteiger partial charge < -0.3 is 10.7 Å². The van der Waals surface area contributed by atoms with E-state index in [0.717, 1.165) is 17.3 Å². The fourth-order valence-corrected chi connectivity index (χ4v) is 1.98. The molecular weight excluding hydrogens is 222 g/mol. The Bertz CT molecular complexity index is 331. The average molecular weight is 241 g/mol. The number of hydrogen-bond acceptors (Lipinski definition) is 6. The molecule has 0 bridgehead atoms. The van der Waals surface area contributed by atoms with Crippen molar-refractivity contribution in [1.82, 2.24) is 9.97 Å². The molecule has 5 nitrogen and oxygen atoms in total. The molecule has 0 aliphatic rings. The second-order valence-electron chi connectivity index (χ2n) is 3.53. The number of nitrogens with zero attached hydrogens (tertiary/aromatic N) is 2. The summed E-state index contributed by atoms with van der Waals surface area (Å²) < 4.78 is 0. The third-order valence-electron chi connectivity index (χ3n) is 1.95. The molecule has 1 atom stereocenters. The number of nitrogen functional groups attached to an aromatic ring is 1. The lowest BCUT2D eigenvalue weighted by molar-refractivity contribution is 0.892. The summed E-state index contributed by atoms with van der Waals surface area (Å²) in [6.45, 7) is 6.13. The minimum absolute atomic E-state index is 0.380. The first-order chi connectivity index (χ1) is 7.65. The van der Waals surface area contributed by atoms with Crippen LogP contribution in [-0.2, 0) is 0 Å². The smallest absolute Gasteiger partial charge is 0.145 e. The third-order valence-corrected chi connectivity index (χ3v) is 3.10. The first-order valence-corrected chi connectivity index (χ1v) is 6.47. The van der Waals surface area contributed by atoms with Crippen molar-refractivity contribution in [2.45, 2.75) is 26.8 Å². The molecule has 4 N–H and O–H groups in total. The predicted octanol–water partition coefficient (Wildman–Crippen LogP) is 1.62. The highest BCUT2D eigenvalue weighted by Gasteiger charge is 2.05. The Labute approximate surface area is 101 Å². The molecule has 1 aromatic rings. The number of nitrogens with one attached hydrogen (secondary N) is 2. The van der Waals surface area contributed by atoms with Crippen molar-refractivity contribution in [3.05, 3.63) is 11.9 Å². The first-order valence-electron chi connectivity index (χ1n) is 5.32. The number of nitrogens with two attached hydrogens (primary N) is 1. The molecule has 0 spiro atoms. The maximum Gasteiger partial charge on any atom is 0.145 e. The molecule has 0 fully saturated rings. The molecule has 0 aromatic carbocycles. The standard InChI is InChI=1S/C10H19N5S/c1-4-16-6-7(2)12-9-5-10(15-11)14-8(3)13-9/h5,7H,4,6,11H2,1-3H3,(H2,12,13,14,15). The van der Waals surface area contributed by atoms with Crippen LogP contribution in [0.25, 0.3) is 0 Å². The fraction of sp³-hybridized carbons (Fsp3) is 0.600. The number of hydrazine groups is 1. The van der Waals surface area contributed by atoms with Crippen LogP contribution in [0.1, 0.15) is 19.7 Å². The van der Waals surface area contributed by atoms with E-state index in [1.54, 1.807) is 6.07 Å². The van der Waals surface area contributed by atoms with Gasteiger partial charge in [0.1, 0.15) is 17.5 Å². The number of thioether (sulfide) groups is 1. The molecule has 16 heavy (non-hydrogen) atoms. The molecule has 0 saturated carbocycles. The van der Waals surface area contributed by atoms with Gasteiger partial charge in [-0.05, 0) is 19.6 Å². The zero-order chi connectivity index (χ0) is 12.0. The van der Waals surface area contributed by atoms with Crippen molar-refractivity contribution in [3.8, 4) is 0 Å². The molecule has 0 aliphatic carbocycles. The van der Waals surface area contributed by atoms with E-state index in [4.69, 9.17) is 5.84 Å². The topological polar surface area (TPSA) is 75.9 Å². The summed E-state index contributed by atoms with van der Waals surface area (Å²) in [7, 11) is 0. The second kappa shape index (κ2) is 6.55. The van der Waals surface area contributed by atoms with Gasteiger partial charge in [-0.1, -0.05) is 6.92 Å². The summed E-state index contributed by atoms with van der Waals surface area (Å²) in [5, 5.41) is 3.32. The van der Waals surface area contributed by atoms with Gasteiger partial charge in [0, 0.05) is 17.9 Å². The Kier molecular flexibility index (Phi) is 5.34. The van der Waals surface area contributed by atoms with Gasteiger partial charge in [0.25, 0.3) is 0 Å². The van der Waals surface area contributed by atoms with E-state index in [9.17, 15) is 0 Å². The van der Waals surface area contributed by atoms with Crippen molar-refractivity contribution in [2.75, 3.05) is 22.2 Å². The van der Waals surface area contributed by atoms with E-state index in [2.05, 4.69) is 34.6 Å². The zero-order valence-electron chi connectivity index (χ0n) is 9.95. The summed E-state index contributed by atoms with van der Waals surface area (Å²) in [6.07, 6.45) is 0. The lowest BCUT2D eigenvalue weighted by Crippen LogP contribution is -2.20. The molecule has 6 heteroatoms. The molecule has 0 amide bonds. The van der Waals surface area contributed by atoms with Crippen LogP contribution < -0.4 is 16.6 Å². The normalized spacial score (nSPS) is 12.2. The van der Waals surface area contributed by atoms with Crippen LogP contribution in [0, 0.1) is 6.92 Å². The van der Waals surface area contributed by atoms with Crippen LogP contribution in [0.15, 0.2) is 6.07 Å². The van der Waals surface area contributed by atoms with Gasteiger partial charge in [-0.15, -0.1) is 0 Å².